The summed E-state index contributed by atoms with van der Waals surface area (Å²) in [5.41, 5.74) is 1.85. The van der Waals surface area contributed by atoms with Crippen molar-refractivity contribution in [3.8, 4) is 5.75 Å². The van der Waals surface area contributed by atoms with Gasteiger partial charge >= 0.3 is 0 Å². The van der Waals surface area contributed by atoms with Crippen LogP contribution in [-0.4, -0.2) is 44.1 Å². The molecule has 1 amide bonds. The molecule has 0 N–H and O–H groups in total. The summed E-state index contributed by atoms with van der Waals surface area (Å²) in [6.07, 6.45) is 2.95. The lowest BCUT2D eigenvalue weighted by molar-refractivity contribution is -0.132. The van der Waals surface area contributed by atoms with Crippen molar-refractivity contribution >= 4 is 11.6 Å². The van der Waals surface area contributed by atoms with Crippen molar-refractivity contribution in [2.45, 2.75) is 25.2 Å². The molecule has 0 radical (unpaired) electrons. The van der Waals surface area contributed by atoms with E-state index in [9.17, 15) is 9.18 Å². The molecule has 0 bridgehead atoms. The molecule has 2 aromatic rings. The molecule has 1 saturated heterocycles. The quantitative estimate of drug-likeness (QED) is 0.755. The Morgan fingerprint density at radius 3 is 2.36 bits per heavy atom. The van der Waals surface area contributed by atoms with Crippen molar-refractivity contribution in [1.82, 2.24) is 4.90 Å². The lowest BCUT2D eigenvalue weighted by Crippen LogP contribution is -2.49. The van der Waals surface area contributed by atoms with Crippen LogP contribution in [-0.2, 0) is 4.79 Å². The summed E-state index contributed by atoms with van der Waals surface area (Å²) in [6, 6.07) is 15.0. The van der Waals surface area contributed by atoms with Crippen molar-refractivity contribution in [2.24, 2.45) is 5.92 Å². The second-order valence-electron chi connectivity index (χ2n) is 7.74. The third-order valence-corrected chi connectivity index (χ3v) is 5.96. The summed E-state index contributed by atoms with van der Waals surface area (Å²) in [5.74, 6) is 1.74. The van der Waals surface area contributed by atoms with Crippen LogP contribution >= 0.6 is 0 Å². The highest BCUT2D eigenvalue weighted by molar-refractivity contribution is 5.77. The van der Waals surface area contributed by atoms with E-state index >= 15 is 0 Å². The first-order valence-electron chi connectivity index (χ1n) is 10.1. The molecule has 2 aromatic carbocycles. The van der Waals surface area contributed by atoms with E-state index < -0.39 is 0 Å². The summed E-state index contributed by atoms with van der Waals surface area (Å²) in [4.78, 5) is 16.9. The first-order valence-corrected chi connectivity index (χ1v) is 10.1. The van der Waals surface area contributed by atoms with Gasteiger partial charge in [-0.1, -0.05) is 24.3 Å². The zero-order valence-corrected chi connectivity index (χ0v) is 16.3. The molecule has 2 fully saturated rings. The minimum Gasteiger partial charge on any atom is -0.497 e. The van der Waals surface area contributed by atoms with Gasteiger partial charge in [0, 0.05) is 32.6 Å². The van der Waals surface area contributed by atoms with E-state index in [4.69, 9.17) is 4.74 Å². The van der Waals surface area contributed by atoms with Gasteiger partial charge in [0.25, 0.3) is 0 Å². The minimum absolute atomic E-state index is 0.199. The number of ether oxygens (including phenoxy) is 1. The van der Waals surface area contributed by atoms with E-state index in [1.54, 1.807) is 19.2 Å². The number of para-hydroxylation sites is 1. The summed E-state index contributed by atoms with van der Waals surface area (Å²) in [5, 5.41) is 0. The van der Waals surface area contributed by atoms with Gasteiger partial charge in [-0.05, 0) is 54.5 Å². The van der Waals surface area contributed by atoms with Gasteiger partial charge in [0.15, 0.2) is 0 Å². The Morgan fingerprint density at radius 1 is 1.07 bits per heavy atom. The number of methoxy groups -OCH3 is 1. The number of piperazine rings is 1. The number of carbonyl (C=O) groups excluding carboxylic acids is 1. The molecule has 0 spiro atoms. The van der Waals surface area contributed by atoms with E-state index in [0.717, 1.165) is 5.75 Å². The molecule has 0 aromatic heterocycles. The normalized spacial score (nSPS) is 18.1. The molecular weight excluding hydrogens is 355 g/mol. The molecule has 1 heterocycles. The smallest absolute Gasteiger partial charge is 0.223 e. The van der Waals surface area contributed by atoms with Crippen LogP contribution in [0.1, 0.15) is 30.7 Å². The molecule has 5 heteroatoms. The van der Waals surface area contributed by atoms with E-state index in [2.05, 4.69) is 12.1 Å². The van der Waals surface area contributed by atoms with Gasteiger partial charge < -0.3 is 14.5 Å². The van der Waals surface area contributed by atoms with Gasteiger partial charge in [0.1, 0.15) is 11.6 Å². The largest absolute Gasteiger partial charge is 0.497 e. The highest BCUT2D eigenvalue weighted by atomic mass is 19.1. The monoisotopic (exact) mass is 382 g/mol. The van der Waals surface area contributed by atoms with Gasteiger partial charge in [-0.2, -0.15) is 0 Å². The SMILES string of the molecule is COc1ccc(C(CC(=O)N2CCN(c3ccccc3F)CC2)C2CC2)cc1. The van der Waals surface area contributed by atoms with Crippen LogP contribution in [0.3, 0.4) is 0 Å². The van der Waals surface area contributed by atoms with Crippen molar-refractivity contribution in [3.05, 3.63) is 59.9 Å². The van der Waals surface area contributed by atoms with Gasteiger partial charge in [0.2, 0.25) is 5.91 Å². The van der Waals surface area contributed by atoms with Crippen LogP contribution in [0, 0.1) is 11.7 Å². The Balaban J connectivity index is 1.37. The highest BCUT2D eigenvalue weighted by Gasteiger charge is 2.35. The summed E-state index contributed by atoms with van der Waals surface area (Å²) in [6.45, 7) is 2.63. The maximum Gasteiger partial charge on any atom is 0.223 e. The number of halogens is 1. The maximum atomic E-state index is 14.0. The zero-order valence-electron chi connectivity index (χ0n) is 16.3. The van der Waals surface area contributed by atoms with Crippen LogP contribution in [0.4, 0.5) is 10.1 Å². The second-order valence-corrected chi connectivity index (χ2v) is 7.74. The molecule has 1 aliphatic heterocycles. The average Bonchev–Trinajstić information content (AvgIpc) is 3.58. The Bertz CT molecular complexity index is 812. The Labute approximate surface area is 165 Å². The standard InChI is InChI=1S/C23H27FN2O2/c1-28-19-10-8-18(9-11-19)20(17-6-7-17)16-23(27)26-14-12-25(13-15-26)22-5-3-2-4-21(22)24/h2-5,8-11,17,20H,6-7,12-16H2,1H3. The van der Waals surface area contributed by atoms with Crippen molar-refractivity contribution in [3.63, 3.8) is 0 Å². The lowest BCUT2D eigenvalue weighted by Gasteiger charge is -2.36. The summed E-state index contributed by atoms with van der Waals surface area (Å²) >= 11 is 0. The van der Waals surface area contributed by atoms with E-state index in [-0.39, 0.29) is 17.6 Å². The fraction of sp³-hybridized carbons (Fsp3) is 0.435. The maximum absolute atomic E-state index is 14.0. The van der Waals surface area contributed by atoms with Crippen molar-refractivity contribution in [1.29, 1.82) is 0 Å². The Kier molecular flexibility index (Phi) is 5.51. The molecule has 1 saturated carbocycles. The summed E-state index contributed by atoms with van der Waals surface area (Å²) < 4.78 is 19.3. The minimum atomic E-state index is -0.199. The Morgan fingerprint density at radius 2 is 1.75 bits per heavy atom. The van der Waals surface area contributed by atoms with Gasteiger partial charge in [-0.3, -0.25) is 4.79 Å². The predicted octanol–water partition coefficient (Wildman–Crippen LogP) is 4.07. The number of carbonyl (C=O) groups is 1. The van der Waals surface area contributed by atoms with Crippen LogP contribution in [0.5, 0.6) is 5.75 Å². The summed E-state index contributed by atoms with van der Waals surface area (Å²) in [7, 11) is 1.66. The fourth-order valence-electron chi connectivity index (χ4n) is 4.13. The first kappa shape index (κ1) is 18.8. The number of hydrogen-bond acceptors (Lipinski definition) is 3. The van der Waals surface area contributed by atoms with Gasteiger partial charge in [0.05, 0.1) is 12.8 Å². The van der Waals surface area contributed by atoms with E-state index in [0.29, 0.717) is 44.2 Å². The van der Waals surface area contributed by atoms with Gasteiger partial charge in [-0.25, -0.2) is 4.39 Å². The zero-order chi connectivity index (χ0) is 19.5. The first-order chi connectivity index (χ1) is 13.7. The van der Waals surface area contributed by atoms with E-state index in [1.807, 2.05) is 28.0 Å². The number of benzene rings is 2. The molecule has 2 aliphatic rings. The number of amides is 1. The van der Waals surface area contributed by atoms with E-state index in [1.165, 1.54) is 24.5 Å². The second kappa shape index (κ2) is 8.21. The third-order valence-electron chi connectivity index (χ3n) is 5.96. The van der Waals surface area contributed by atoms with Crippen LogP contribution in [0.25, 0.3) is 0 Å². The topological polar surface area (TPSA) is 32.8 Å². The molecule has 4 rings (SSSR count). The average molecular weight is 382 g/mol. The van der Waals surface area contributed by atoms with Gasteiger partial charge in [-0.15, -0.1) is 0 Å². The Hall–Kier alpha value is -2.56. The van der Waals surface area contributed by atoms with Crippen LogP contribution < -0.4 is 9.64 Å². The predicted molar refractivity (Wildman–Crippen MR) is 108 cm³/mol. The van der Waals surface area contributed by atoms with Crippen LogP contribution in [0.15, 0.2) is 48.5 Å². The molecule has 148 valence electrons. The fourth-order valence-corrected chi connectivity index (χ4v) is 4.13. The number of hydrogen-bond donors (Lipinski definition) is 0. The molecule has 1 atom stereocenters. The molecule has 1 unspecified atom stereocenters. The number of nitrogens with zero attached hydrogens (tertiary/aromatic N) is 2. The number of anilines is 1. The third kappa shape index (κ3) is 4.13. The molecule has 28 heavy (non-hydrogen) atoms. The van der Waals surface area contributed by atoms with Crippen molar-refractivity contribution in [2.75, 3.05) is 38.2 Å². The molecule has 4 nitrogen and oxygen atoms in total. The molecular formula is C23H27FN2O2. The lowest BCUT2D eigenvalue weighted by atomic mass is 9.90. The molecule has 1 aliphatic carbocycles. The number of rotatable bonds is 6. The van der Waals surface area contributed by atoms with Crippen LogP contribution in [0.2, 0.25) is 0 Å². The van der Waals surface area contributed by atoms with Crippen molar-refractivity contribution < 1.29 is 13.9 Å². The highest BCUT2D eigenvalue weighted by Crippen LogP contribution is 2.45.